The van der Waals surface area contributed by atoms with Gasteiger partial charge < -0.3 is 31.5 Å². The molecule has 2 aliphatic heterocycles. The molecule has 4 heterocycles. The molecule has 15 nitrogen and oxygen atoms in total. The summed E-state index contributed by atoms with van der Waals surface area (Å²) in [4.78, 5) is 20.3. The number of benzene rings is 1. The molecule has 0 amide bonds. The average molecular weight is 900 g/mol. The van der Waals surface area contributed by atoms with Crippen molar-refractivity contribution in [3.63, 3.8) is 0 Å². The van der Waals surface area contributed by atoms with Crippen molar-refractivity contribution in [3.8, 4) is 11.9 Å². The van der Waals surface area contributed by atoms with Crippen LogP contribution in [0.5, 0.6) is 5.88 Å². The first-order valence-electron chi connectivity index (χ1n) is 21.7. The van der Waals surface area contributed by atoms with E-state index in [4.69, 9.17) is 31.6 Å². The fourth-order valence-corrected chi connectivity index (χ4v) is 21.2. The summed E-state index contributed by atoms with van der Waals surface area (Å²) in [6, 6.07) is 6.11. The second kappa shape index (κ2) is 19.2. The zero-order valence-electron chi connectivity index (χ0n) is 39.1. The summed E-state index contributed by atoms with van der Waals surface area (Å²) >= 11 is 0. The predicted molar refractivity (Wildman–Crippen MR) is 241 cm³/mol. The van der Waals surface area contributed by atoms with Crippen LogP contribution in [0.1, 0.15) is 144 Å². The maximum Gasteiger partial charge on any atom is 0.341 e. The number of nitriles is 1. The van der Waals surface area contributed by atoms with Crippen LogP contribution in [-0.2, 0) is 32.6 Å². The summed E-state index contributed by atoms with van der Waals surface area (Å²) in [6.07, 6.45) is 0.287. The monoisotopic (exact) mass is 899 g/mol. The molecule has 338 valence electrons. The van der Waals surface area contributed by atoms with Crippen LogP contribution in [0.25, 0.3) is 11.2 Å². The van der Waals surface area contributed by atoms with Crippen LogP contribution >= 0.6 is 0 Å². The van der Waals surface area contributed by atoms with Gasteiger partial charge in [0.05, 0.1) is 38.4 Å². The summed E-state index contributed by atoms with van der Waals surface area (Å²) in [6.45, 7) is 29.7. The van der Waals surface area contributed by atoms with E-state index in [1.807, 2.05) is 39.8 Å². The minimum Gasteiger partial charge on any atom is -0.414 e. The van der Waals surface area contributed by atoms with Gasteiger partial charge in [-0.2, -0.15) is 23.6 Å². The number of fused-ring (bicyclic) bond motifs is 2. The molecule has 0 N–H and O–H groups in total. The van der Waals surface area contributed by atoms with Crippen LogP contribution in [0.15, 0.2) is 28.3 Å². The Morgan fingerprint density at radius 3 is 2.02 bits per heavy atom. The number of hydrogen-bond acceptors (Lipinski definition) is 13. The highest BCUT2D eigenvalue weighted by Gasteiger charge is 2.62. The standard InChI is InChI=1S/C43H69N7O8SSi2/c1-25(2)32-20-33(26(3)4)39(34(21-32)27(5)6)59(51,52)56-41-36-40(47-43(48-41)46-23-49(15)16)50(24-45-36)42-38(53-19-17-18-44)37-35(55-42)22-54-60(28(7)8,29(9)10)58-61(57-37,30(11)12)31(13)14/h20-21,23-31,35,37-38,42H,17,19,22H2,1-16H3/t35-,37?,38+,42-/m1/s1. The molecule has 4 atom stereocenters. The Bertz CT molecular complexity index is 2140. The van der Waals surface area contributed by atoms with Crippen LogP contribution in [0.4, 0.5) is 5.95 Å². The normalized spacial score (nSPS) is 22.0. The van der Waals surface area contributed by atoms with Crippen LogP contribution in [0.3, 0.4) is 0 Å². The Balaban J connectivity index is 1.71. The summed E-state index contributed by atoms with van der Waals surface area (Å²) in [5.74, 6) is -0.384. The lowest BCUT2D eigenvalue weighted by Crippen LogP contribution is -2.66. The molecule has 1 unspecified atom stereocenters. The van der Waals surface area contributed by atoms with E-state index < -0.39 is 51.8 Å². The number of imidazole rings is 1. The third-order valence-corrected chi connectivity index (χ3v) is 23.3. The molecule has 61 heavy (non-hydrogen) atoms. The van der Waals surface area contributed by atoms with Crippen molar-refractivity contribution in [2.45, 2.75) is 173 Å². The molecule has 2 saturated heterocycles. The molecule has 0 aliphatic carbocycles. The number of aromatic nitrogens is 4. The summed E-state index contributed by atoms with van der Waals surface area (Å²) in [5.41, 5.74) is 3.04. The minimum absolute atomic E-state index is 0.0487. The molecule has 5 rings (SSSR count). The molecule has 0 radical (unpaired) electrons. The molecule has 0 saturated carbocycles. The lowest BCUT2D eigenvalue weighted by atomic mass is 9.89. The van der Waals surface area contributed by atoms with Gasteiger partial charge in [0.1, 0.15) is 23.2 Å². The third kappa shape index (κ3) is 9.79. The highest BCUT2D eigenvalue weighted by Crippen LogP contribution is 2.49. The zero-order chi connectivity index (χ0) is 45.4. The fraction of sp³-hybridized carbons (Fsp3) is 0.698. The molecule has 2 aliphatic rings. The molecule has 0 spiro atoms. The zero-order valence-corrected chi connectivity index (χ0v) is 41.9. The van der Waals surface area contributed by atoms with E-state index in [1.54, 1.807) is 23.6 Å². The van der Waals surface area contributed by atoms with Gasteiger partial charge in [-0.15, -0.1) is 0 Å². The Morgan fingerprint density at radius 1 is 0.918 bits per heavy atom. The van der Waals surface area contributed by atoms with Gasteiger partial charge >= 0.3 is 27.2 Å². The molecule has 18 heteroatoms. The van der Waals surface area contributed by atoms with E-state index in [0.29, 0.717) is 11.1 Å². The number of rotatable bonds is 16. The van der Waals surface area contributed by atoms with E-state index >= 15 is 0 Å². The largest absolute Gasteiger partial charge is 0.414 e. The SMILES string of the molecule is CC(C)c1cc(C(C)C)c(S(=O)(=O)Oc2nc(N=CN(C)C)nc3c2ncn3[C@@H]2O[C@@H]3CO[Si](C(C)C)(C(C)C)O[Si](C(C)C)(C(C)C)OC3[C@@H]2OCCC#N)c(C(C)C)c1. The van der Waals surface area contributed by atoms with Crippen molar-refractivity contribution < 1.29 is 35.0 Å². The van der Waals surface area contributed by atoms with Crippen LogP contribution in [0.2, 0.25) is 22.2 Å². The summed E-state index contributed by atoms with van der Waals surface area (Å²) < 4.78 is 72.6. The van der Waals surface area contributed by atoms with Crippen LogP contribution in [-0.4, -0.2) is 102 Å². The second-order valence-corrected chi connectivity index (χ2v) is 29.1. The van der Waals surface area contributed by atoms with Gasteiger partial charge in [-0.25, -0.2) is 9.98 Å². The van der Waals surface area contributed by atoms with E-state index in [2.05, 4.69) is 90.3 Å². The van der Waals surface area contributed by atoms with Crippen molar-refractivity contribution in [1.29, 1.82) is 5.26 Å². The van der Waals surface area contributed by atoms with Crippen LogP contribution in [0, 0.1) is 11.3 Å². The highest BCUT2D eigenvalue weighted by atomic mass is 32.2. The Hall–Kier alpha value is -3.29. The first-order valence-corrected chi connectivity index (χ1v) is 27.1. The van der Waals surface area contributed by atoms with Crippen LogP contribution < -0.4 is 4.18 Å². The Morgan fingerprint density at radius 2 is 1.51 bits per heavy atom. The van der Waals surface area contributed by atoms with Gasteiger partial charge in [0.2, 0.25) is 0 Å². The maximum atomic E-state index is 14.7. The lowest BCUT2D eigenvalue weighted by molar-refractivity contribution is -0.0682. The van der Waals surface area contributed by atoms with Gasteiger partial charge in [-0.3, -0.25) is 4.57 Å². The predicted octanol–water partition coefficient (Wildman–Crippen LogP) is 9.34. The Kier molecular flexibility index (Phi) is 15.4. The van der Waals surface area contributed by atoms with E-state index in [9.17, 15) is 13.7 Å². The van der Waals surface area contributed by atoms with Gasteiger partial charge in [-0.05, 0) is 56.6 Å². The van der Waals surface area contributed by atoms with E-state index in [0.717, 1.165) is 5.56 Å². The third-order valence-electron chi connectivity index (χ3n) is 11.7. The number of hydrogen-bond donors (Lipinski definition) is 0. The number of aliphatic imine (C=N–C) groups is 1. The highest BCUT2D eigenvalue weighted by molar-refractivity contribution is 7.87. The molecule has 2 fully saturated rings. The van der Waals surface area contributed by atoms with Crippen molar-refractivity contribution in [2.24, 2.45) is 4.99 Å². The minimum atomic E-state index is -4.49. The lowest BCUT2D eigenvalue weighted by Gasteiger charge is -2.51. The first-order chi connectivity index (χ1) is 28.5. The van der Waals surface area contributed by atoms with Crippen molar-refractivity contribution in [2.75, 3.05) is 27.3 Å². The smallest absolute Gasteiger partial charge is 0.341 e. The van der Waals surface area contributed by atoms with Gasteiger partial charge in [-0.1, -0.05) is 109 Å². The summed E-state index contributed by atoms with van der Waals surface area (Å²) in [5, 5.41) is 9.56. The Labute approximate surface area is 366 Å². The van der Waals surface area contributed by atoms with Gasteiger partial charge in [0.25, 0.3) is 11.8 Å². The number of nitrogens with zero attached hydrogens (tertiary/aromatic N) is 7. The second-order valence-electron chi connectivity index (χ2n) is 18.8. The van der Waals surface area contributed by atoms with Gasteiger partial charge in [0.15, 0.2) is 17.4 Å². The topological polar surface area (TPSA) is 173 Å². The quantitative estimate of drug-likeness (QED) is 0.0438. The molecular weight excluding hydrogens is 831 g/mol. The fourth-order valence-electron chi connectivity index (χ4n) is 8.44. The molecule has 0 bridgehead atoms. The molecule has 3 aromatic rings. The molecular formula is C43H69N7O8SSi2. The molecule has 1 aromatic carbocycles. The first kappa shape index (κ1) is 48.7. The number of ether oxygens (including phenoxy) is 2. The van der Waals surface area contributed by atoms with Crippen molar-refractivity contribution in [1.82, 2.24) is 24.4 Å². The van der Waals surface area contributed by atoms with Gasteiger partial charge in [0, 0.05) is 14.1 Å². The van der Waals surface area contributed by atoms with E-state index in [-0.39, 0.29) is 87.4 Å². The van der Waals surface area contributed by atoms with Crippen molar-refractivity contribution in [3.05, 3.63) is 35.2 Å². The molecule has 2 aromatic heterocycles. The summed E-state index contributed by atoms with van der Waals surface area (Å²) in [7, 11) is -6.90. The van der Waals surface area contributed by atoms with E-state index in [1.165, 1.54) is 12.7 Å². The maximum absolute atomic E-state index is 14.7. The van der Waals surface area contributed by atoms with Crippen molar-refractivity contribution >= 4 is 50.7 Å². The average Bonchev–Trinajstić information content (AvgIpc) is 3.73.